The highest BCUT2D eigenvalue weighted by Gasteiger charge is 2.56. The first-order valence-electron chi connectivity index (χ1n) is 17.1. The van der Waals surface area contributed by atoms with Gasteiger partial charge in [-0.25, -0.2) is 0 Å². The maximum Gasteiger partial charge on any atom is 0.346 e. The first kappa shape index (κ1) is 36.0. The summed E-state index contributed by atoms with van der Waals surface area (Å²) < 4.78 is 43.5. The van der Waals surface area contributed by atoms with E-state index in [0.29, 0.717) is 26.4 Å². The van der Waals surface area contributed by atoms with E-state index in [1.54, 1.807) is 0 Å². The van der Waals surface area contributed by atoms with E-state index in [-0.39, 0.29) is 38.3 Å². The third-order valence-electron chi connectivity index (χ3n) is 8.91. The molecule has 0 radical (unpaired) electrons. The van der Waals surface area contributed by atoms with Crippen molar-refractivity contribution >= 4 is 5.78 Å². The van der Waals surface area contributed by atoms with Crippen molar-refractivity contribution < 1.29 is 43.1 Å². The molecule has 3 saturated heterocycles. The number of benzene rings is 4. The zero-order chi connectivity index (χ0) is 34.7. The fourth-order valence-corrected chi connectivity index (χ4v) is 5.98. The SMILES string of the molecule is CC12COC(C(=O)C[C@H](O)[C@H](OCc3ccccc3)[C@H](OCc3ccccc3)[C@@H](COCc3ccccc3)OCc3ccccc3)(OC1)OC2. The van der Waals surface area contributed by atoms with Crippen LogP contribution in [0.5, 0.6) is 0 Å². The Bertz CT molecular complexity index is 1560. The molecule has 4 aromatic carbocycles. The van der Waals surface area contributed by atoms with E-state index in [4.69, 9.17) is 33.2 Å². The third kappa shape index (κ3) is 9.72. The van der Waals surface area contributed by atoms with Gasteiger partial charge in [0, 0.05) is 11.8 Å². The molecule has 9 heteroatoms. The number of carbonyl (C=O) groups excluding carboxylic acids is 1. The zero-order valence-corrected chi connectivity index (χ0v) is 28.4. The van der Waals surface area contributed by atoms with E-state index in [2.05, 4.69) is 0 Å². The number of fused-ring (bicyclic) bond motifs is 3. The molecule has 50 heavy (non-hydrogen) atoms. The van der Waals surface area contributed by atoms with E-state index >= 15 is 0 Å². The molecular formula is C41H46O9. The molecule has 4 atom stereocenters. The maximum absolute atomic E-state index is 13.8. The van der Waals surface area contributed by atoms with Crippen LogP contribution in [0.2, 0.25) is 0 Å². The smallest absolute Gasteiger partial charge is 0.346 e. The van der Waals surface area contributed by atoms with Crippen LogP contribution in [0.3, 0.4) is 0 Å². The molecule has 7 rings (SSSR count). The van der Waals surface area contributed by atoms with Gasteiger partial charge in [-0.15, -0.1) is 0 Å². The fraction of sp³-hybridized carbons (Fsp3) is 0.390. The highest BCUT2D eigenvalue weighted by Crippen LogP contribution is 2.39. The Morgan fingerprint density at radius 1 is 0.620 bits per heavy atom. The number of ether oxygens (including phenoxy) is 7. The van der Waals surface area contributed by atoms with E-state index in [1.165, 1.54) is 0 Å². The van der Waals surface area contributed by atoms with Gasteiger partial charge < -0.3 is 38.3 Å². The van der Waals surface area contributed by atoms with Crippen LogP contribution in [0.15, 0.2) is 121 Å². The number of aliphatic hydroxyl groups excluding tert-OH is 1. The maximum atomic E-state index is 13.8. The Kier molecular flexibility index (Phi) is 12.6. The van der Waals surface area contributed by atoms with Crippen molar-refractivity contribution in [1.29, 1.82) is 0 Å². The average molecular weight is 683 g/mol. The molecule has 3 aliphatic heterocycles. The van der Waals surface area contributed by atoms with Crippen LogP contribution < -0.4 is 0 Å². The van der Waals surface area contributed by atoms with Crippen LogP contribution in [-0.2, 0) is 64.4 Å². The summed E-state index contributed by atoms with van der Waals surface area (Å²) in [6.45, 7) is 4.05. The van der Waals surface area contributed by atoms with Crippen LogP contribution in [0.4, 0.5) is 0 Å². The van der Waals surface area contributed by atoms with E-state index < -0.39 is 36.2 Å². The minimum absolute atomic E-state index is 0.130. The monoisotopic (exact) mass is 682 g/mol. The van der Waals surface area contributed by atoms with Gasteiger partial charge >= 0.3 is 5.97 Å². The van der Waals surface area contributed by atoms with Gasteiger partial charge in [0.05, 0.1) is 59.0 Å². The summed E-state index contributed by atoms with van der Waals surface area (Å²) in [5, 5.41) is 12.0. The van der Waals surface area contributed by atoms with Gasteiger partial charge in [-0.05, 0) is 22.3 Å². The number of carbonyl (C=O) groups is 1. The number of ketones is 1. The van der Waals surface area contributed by atoms with Gasteiger partial charge in [0.15, 0.2) is 0 Å². The summed E-state index contributed by atoms with van der Waals surface area (Å²) in [6, 6.07) is 39.1. The minimum atomic E-state index is -1.86. The van der Waals surface area contributed by atoms with Gasteiger partial charge in [0.1, 0.15) is 18.3 Å². The van der Waals surface area contributed by atoms with Crippen molar-refractivity contribution in [3.8, 4) is 0 Å². The van der Waals surface area contributed by atoms with Gasteiger partial charge in [-0.1, -0.05) is 128 Å². The molecule has 0 saturated carbocycles. The Balaban J connectivity index is 1.29. The lowest BCUT2D eigenvalue weighted by atomic mass is 9.90. The van der Waals surface area contributed by atoms with Crippen molar-refractivity contribution in [3.05, 3.63) is 144 Å². The molecule has 4 aromatic rings. The first-order valence-corrected chi connectivity index (χ1v) is 17.1. The Morgan fingerprint density at radius 2 is 1.02 bits per heavy atom. The predicted octanol–water partition coefficient (Wildman–Crippen LogP) is 6.02. The lowest BCUT2D eigenvalue weighted by molar-refractivity contribution is -0.440. The Labute approximate surface area is 294 Å². The molecular weight excluding hydrogens is 636 g/mol. The molecule has 0 unspecified atom stereocenters. The Hall–Kier alpha value is -3.77. The van der Waals surface area contributed by atoms with Gasteiger partial charge in [0.2, 0.25) is 5.78 Å². The summed E-state index contributed by atoms with van der Waals surface area (Å²) in [4.78, 5) is 13.8. The summed E-state index contributed by atoms with van der Waals surface area (Å²) in [5.41, 5.74) is 3.48. The second kappa shape index (κ2) is 17.4. The Morgan fingerprint density at radius 3 is 1.48 bits per heavy atom. The molecule has 3 fully saturated rings. The van der Waals surface area contributed by atoms with E-state index in [1.807, 2.05) is 128 Å². The van der Waals surface area contributed by atoms with Crippen molar-refractivity contribution in [2.45, 2.75) is 70.2 Å². The molecule has 0 aliphatic carbocycles. The summed E-state index contributed by atoms with van der Waals surface area (Å²) in [6.07, 6.45) is -4.32. The van der Waals surface area contributed by atoms with Crippen LogP contribution in [-0.4, -0.2) is 67.7 Å². The standard InChI is InChI=1S/C41H46O9/c1-40-28-48-41(49-29-40,50-30-40)37(43)22-35(42)38(46-25-33-18-10-4-11-19-33)39(47-26-34-20-12-5-13-21-34)36(45-24-32-16-8-3-9-17-32)27-44-23-31-14-6-2-7-15-31/h2-21,35-36,38-39,42H,22-30H2,1H3/t35-,36+,38-,39+,40?,41?/m0/s1. The van der Waals surface area contributed by atoms with Crippen LogP contribution in [0.25, 0.3) is 0 Å². The lowest BCUT2D eigenvalue weighted by Gasteiger charge is -2.49. The van der Waals surface area contributed by atoms with E-state index in [0.717, 1.165) is 22.3 Å². The zero-order valence-electron chi connectivity index (χ0n) is 28.4. The normalized spacial score (nSPS) is 22.4. The second-order valence-corrected chi connectivity index (χ2v) is 13.3. The quantitative estimate of drug-likeness (QED) is 0.127. The number of Topliss-reactive ketones (excluding diaryl/α,β-unsaturated/α-hetero) is 1. The molecule has 264 valence electrons. The number of rotatable bonds is 19. The van der Waals surface area contributed by atoms with Crippen LogP contribution in [0, 0.1) is 5.41 Å². The molecule has 3 heterocycles. The highest BCUT2D eigenvalue weighted by molar-refractivity contribution is 5.85. The predicted molar refractivity (Wildman–Crippen MR) is 185 cm³/mol. The highest BCUT2D eigenvalue weighted by atomic mass is 16.9. The summed E-state index contributed by atoms with van der Waals surface area (Å²) in [5.74, 6) is -2.38. The van der Waals surface area contributed by atoms with E-state index in [9.17, 15) is 9.90 Å². The van der Waals surface area contributed by atoms with Crippen molar-refractivity contribution in [2.75, 3.05) is 26.4 Å². The lowest BCUT2D eigenvalue weighted by Crippen LogP contribution is -2.63. The fourth-order valence-electron chi connectivity index (χ4n) is 5.98. The minimum Gasteiger partial charge on any atom is -0.390 e. The van der Waals surface area contributed by atoms with Crippen molar-refractivity contribution in [1.82, 2.24) is 0 Å². The molecule has 3 aliphatic rings. The van der Waals surface area contributed by atoms with Crippen molar-refractivity contribution in [3.63, 3.8) is 0 Å². The number of aliphatic hydroxyl groups is 1. The first-order chi connectivity index (χ1) is 24.4. The van der Waals surface area contributed by atoms with Crippen LogP contribution >= 0.6 is 0 Å². The second-order valence-electron chi connectivity index (χ2n) is 13.3. The van der Waals surface area contributed by atoms with Crippen LogP contribution in [0.1, 0.15) is 35.6 Å². The van der Waals surface area contributed by atoms with Crippen molar-refractivity contribution in [2.24, 2.45) is 5.41 Å². The molecule has 9 nitrogen and oxygen atoms in total. The van der Waals surface area contributed by atoms with Gasteiger partial charge in [-0.2, -0.15) is 0 Å². The average Bonchev–Trinajstić information content (AvgIpc) is 3.16. The third-order valence-corrected chi connectivity index (χ3v) is 8.91. The molecule has 2 bridgehead atoms. The molecule has 0 aromatic heterocycles. The molecule has 1 N–H and O–H groups in total. The number of hydrogen-bond donors (Lipinski definition) is 1. The van der Waals surface area contributed by atoms with Gasteiger partial charge in [0.25, 0.3) is 0 Å². The number of hydrogen-bond acceptors (Lipinski definition) is 9. The summed E-state index contributed by atoms with van der Waals surface area (Å²) in [7, 11) is 0. The van der Waals surface area contributed by atoms with Gasteiger partial charge in [-0.3, -0.25) is 4.79 Å². The summed E-state index contributed by atoms with van der Waals surface area (Å²) >= 11 is 0. The molecule has 0 amide bonds. The largest absolute Gasteiger partial charge is 0.390 e. The topological polar surface area (TPSA) is 102 Å². The molecule has 0 spiro atoms.